The quantitative estimate of drug-likeness (QED) is 0.329. The number of ether oxygens (including phenoxy) is 1. The van der Waals surface area contributed by atoms with Gasteiger partial charge in [0.25, 0.3) is 5.91 Å². The van der Waals surface area contributed by atoms with Crippen molar-refractivity contribution < 1.29 is 22.7 Å². The number of aromatic nitrogens is 1. The summed E-state index contributed by atoms with van der Waals surface area (Å²) in [5.74, 6) is 0.0236. The van der Waals surface area contributed by atoms with Crippen molar-refractivity contribution in [2.45, 2.75) is 31.9 Å². The molecular weight excluding hydrogens is 475 g/mol. The number of hydrogen-bond acceptors (Lipinski definition) is 5. The SMILES string of the molecule is COc1ccc(-c2c3c(nc4sc(C(=O)Nc5ccccc5C(F)(F)F)c(N)c24)CCCC3)cc1. The number of nitrogens with zero attached hydrogens (tertiary/aromatic N) is 1. The van der Waals surface area contributed by atoms with Gasteiger partial charge in [0.05, 0.1) is 24.0 Å². The number of para-hydroxylation sites is 1. The van der Waals surface area contributed by atoms with Crippen LogP contribution < -0.4 is 15.8 Å². The lowest BCUT2D eigenvalue weighted by Crippen LogP contribution is -2.16. The smallest absolute Gasteiger partial charge is 0.418 e. The minimum atomic E-state index is -4.60. The maximum absolute atomic E-state index is 13.4. The van der Waals surface area contributed by atoms with E-state index in [9.17, 15) is 18.0 Å². The molecular formula is C26H22F3N3O2S. The van der Waals surface area contributed by atoms with Crippen LogP contribution in [0.15, 0.2) is 48.5 Å². The number of hydrogen-bond donors (Lipinski definition) is 2. The third-order valence-electron chi connectivity index (χ3n) is 6.22. The average Bonchev–Trinajstić information content (AvgIpc) is 3.18. The van der Waals surface area contributed by atoms with Crippen molar-refractivity contribution in [3.63, 3.8) is 0 Å². The molecule has 5 rings (SSSR count). The first-order chi connectivity index (χ1) is 16.8. The molecule has 1 aliphatic rings. The Labute approximate surface area is 203 Å². The van der Waals surface area contributed by atoms with E-state index in [1.807, 2.05) is 24.3 Å². The molecule has 0 radical (unpaired) electrons. The number of nitrogen functional groups attached to an aromatic ring is 1. The molecule has 9 heteroatoms. The topological polar surface area (TPSA) is 77.2 Å². The third-order valence-corrected chi connectivity index (χ3v) is 7.32. The highest BCUT2D eigenvalue weighted by molar-refractivity contribution is 7.21. The van der Waals surface area contributed by atoms with Crippen LogP contribution in [0.1, 0.15) is 39.3 Å². The zero-order valence-corrected chi connectivity index (χ0v) is 19.6. The van der Waals surface area contributed by atoms with Crippen LogP contribution in [-0.4, -0.2) is 18.0 Å². The van der Waals surface area contributed by atoms with Gasteiger partial charge in [-0.2, -0.15) is 13.2 Å². The van der Waals surface area contributed by atoms with Gasteiger partial charge in [-0.15, -0.1) is 11.3 Å². The van der Waals surface area contributed by atoms with Gasteiger partial charge < -0.3 is 15.8 Å². The third kappa shape index (κ3) is 4.20. The van der Waals surface area contributed by atoms with E-state index < -0.39 is 17.6 Å². The largest absolute Gasteiger partial charge is 0.497 e. The van der Waals surface area contributed by atoms with E-state index in [-0.39, 0.29) is 16.3 Å². The zero-order chi connectivity index (χ0) is 24.7. The van der Waals surface area contributed by atoms with Crippen LogP contribution in [0.3, 0.4) is 0 Å². The fourth-order valence-corrected chi connectivity index (χ4v) is 5.59. The Bertz CT molecular complexity index is 1430. The number of pyridine rings is 1. The predicted molar refractivity (Wildman–Crippen MR) is 132 cm³/mol. The summed E-state index contributed by atoms with van der Waals surface area (Å²) in [5, 5.41) is 3.07. The zero-order valence-electron chi connectivity index (χ0n) is 18.8. The summed E-state index contributed by atoms with van der Waals surface area (Å²) < 4.78 is 45.6. The molecule has 0 fully saturated rings. The highest BCUT2D eigenvalue weighted by Gasteiger charge is 2.34. The van der Waals surface area contributed by atoms with Gasteiger partial charge >= 0.3 is 6.18 Å². The van der Waals surface area contributed by atoms with Crippen LogP contribution in [-0.2, 0) is 19.0 Å². The van der Waals surface area contributed by atoms with Crippen LogP contribution in [0, 0.1) is 0 Å². The summed E-state index contributed by atoms with van der Waals surface area (Å²) in [6.07, 6.45) is -0.884. The summed E-state index contributed by atoms with van der Waals surface area (Å²) in [6, 6.07) is 12.5. The first-order valence-corrected chi connectivity index (χ1v) is 11.9. The first-order valence-electron chi connectivity index (χ1n) is 11.1. The van der Waals surface area contributed by atoms with Gasteiger partial charge in [-0.05, 0) is 66.6 Å². The van der Waals surface area contributed by atoms with E-state index in [2.05, 4.69) is 5.32 Å². The lowest BCUT2D eigenvalue weighted by atomic mass is 9.87. The van der Waals surface area contributed by atoms with Gasteiger partial charge in [0, 0.05) is 11.1 Å². The second-order valence-electron chi connectivity index (χ2n) is 8.37. The van der Waals surface area contributed by atoms with Crippen molar-refractivity contribution in [1.82, 2.24) is 4.98 Å². The molecule has 1 aliphatic carbocycles. The number of anilines is 2. The van der Waals surface area contributed by atoms with Gasteiger partial charge in [0.1, 0.15) is 15.5 Å². The van der Waals surface area contributed by atoms with Crippen LogP contribution in [0.25, 0.3) is 21.3 Å². The summed E-state index contributed by atoms with van der Waals surface area (Å²) in [7, 11) is 1.60. The molecule has 0 atom stereocenters. The van der Waals surface area contributed by atoms with Gasteiger partial charge in [-0.25, -0.2) is 4.98 Å². The van der Waals surface area contributed by atoms with Crippen molar-refractivity contribution >= 4 is 38.8 Å². The Morgan fingerprint density at radius 2 is 1.80 bits per heavy atom. The monoisotopic (exact) mass is 497 g/mol. The van der Waals surface area contributed by atoms with E-state index in [0.29, 0.717) is 10.2 Å². The van der Waals surface area contributed by atoms with Crippen molar-refractivity contribution in [3.8, 4) is 16.9 Å². The number of amides is 1. The van der Waals surface area contributed by atoms with E-state index in [1.165, 1.54) is 18.2 Å². The number of methoxy groups -OCH3 is 1. The van der Waals surface area contributed by atoms with Gasteiger partial charge in [0.15, 0.2) is 0 Å². The minimum absolute atomic E-state index is 0.140. The number of halogens is 3. The molecule has 0 saturated carbocycles. The Morgan fingerprint density at radius 3 is 2.51 bits per heavy atom. The molecule has 0 aliphatic heterocycles. The number of fused-ring (bicyclic) bond motifs is 2. The van der Waals surface area contributed by atoms with Gasteiger partial charge in [-0.3, -0.25) is 4.79 Å². The lowest BCUT2D eigenvalue weighted by Gasteiger charge is -2.20. The minimum Gasteiger partial charge on any atom is -0.497 e. The number of carbonyl (C=O) groups is 1. The second-order valence-corrected chi connectivity index (χ2v) is 9.37. The Kier molecular flexibility index (Phi) is 5.88. The Balaban J connectivity index is 1.64. The summed E-state index contributed by atoms with van der Waals surface area (Å²) in [5.41, 5.74) is 9.43. The summed E-state index contributed by atoms with van der Waals surface area (Å²) in [6.45, 7) is 0. The number of carbonyl (C=O) groups excluding carboxylic acids is 1. The Morgan fingerprint density at radius 1 is 1.09 bits per heavy atom. The number of aryl methyl sites for hydroxylation is 1. The lowest BCUT2D eigenvalue weighted by molar-refractivity contribution is -0.136. The summed E-state index contributed by atoms with van der Waals surface area (Å²) >= 11 is 1.10. The molecule has 0 bridgehead atoms. The van der Waals surface area contributed by atoms with E-state index in [0.717, 1.165) is 71.2 Å². The number of nitrogens with two attached hydrogens (primary N) is 1. The van der Waals surface area contributed by atoms with E-state index in [4.69, 9.17) is 15.5 Å². The molecule has 3 N–H and O–H groups in total. The van der Waals surface area contributed by atoms with Crippen molar-refractivity contribution in [1.29, 1.82) is 0 Å². The van der Waals surface area contributed by atoms with Gasteiger partial charge in [0.2, 0.25) is 0 Å². The number of thiophene rings is 1. The highest BCUT2D eigenvalue weighted by Crippen LogP contribution is 2.44. The standard InChI is InChI=1S/C26H22F3N3O2S/c1-34-15-12-10-14(11-13-15)20-16-6-2-4-8-18(16)32-25-21(20)22(30)23(35-25)24(33)31-19-9-5-3-7-17(19)26(27,28)29/h3,5,7,9-13H,2,4,6,8,30H2,1H3,(H,31,33). The fraction of sp³-hybridized carbons (Fsp3) is 0.231. The molecule has 0 spiro atoms. The number of nitrogens with one attached hydrogen (secondary N) is 1. The molecule has 2 heterocycles. The molecule has 180 valence electrons. The molecule has 35 heavy (non-hydrogen) atoms. The van der Waals surface area contributed by atoms with Crippen LogP contribution in [0.4, 0.5) is 24.5 Å². The second kappa shape index (κ2) is 8.88. The highest BCUT2D eigenvalue weighted by atomic mass is 32.1. The van der Waals surface area contributed by atoms with E-state index >= 15 is 0 Å². The van der Waals surface area contributed by atoms with Gasteiger partial charge in [-0.1, -0.05) is 24.3 Å². The number of alkyl halides is 3. The van der Waals surface area contributed by atoms with Crippen molar-refractivity contribution in [3.05, 3.63) is 70.2 Å². The van der Waals surface area contributed by atoms with Crippen molar-refractivity contribution in [2.75, 3.05) is 18.2 Å². The molecule has 2 aromatic carbocycles. The molecule has 1 amide bonds. The molecule has 0 saturated heterocycles. The number of rotatable bonds is 4. The predicted octanol–water partition coefficient (Wildman–Crippen LogP) is 6.70. The number of benzene rings is 2. The maximum atomic E-state index is 13.4. The van der Waals surface area contributed by atoms with E-state index in [1.54, 1.807) is 7.11 Å². The van der Waals surface area contributed by atoms with Crippen molar-refractivity contribution in [2.24, 2.45) is 0 Å². The average molecular weight is 498 g/mol. The molecule has 5 nitrogen and oxygen atoms in total. The van der Waals surface area contributed by atoms with Crippen LogP contribution in [0.5, 0.6) is 5.75 Å². The molecule has 4 aromatic rings. The summed E-state index contributed by atoms with van der Waals surface area (Å²) in [4.78, 5) is 18.7. The Hall–Kier alpha value is -3.59. The van der Waals surface area contributed by atoms with Crippen LogP contribution >= 0.6 is 11.3 Å². The maximum Gasteiger partial charge on any atom is 0.418 e. The molecule has 2 aromatic heterocycles. The molecule has 0 unspecified atom stereocenters. The first kappa shape index (κ1) is 23.2. The normalized spacial score (nSPS) is 13.5. The van der Waals surface area contributed by atoms with Crippen LogP contribution in [0.2, 0.25) is 0 Å². The fourth-order valence-electron chi connectivity index (χ4n) is 4.57.